The average Bonchev–Trinajstić information content (AvgIpc) is 2.38. The lowest BCUT2D eigenvalue weighted by Crippen LogP contribution is -2.41. The average molecular weight is 272 g/mol. The summed E-state index contributed by atoms with van der Waals surface area (Å²) >= 11 is 0. The van der Waals surface area contributed by atoms with Gasteiger partial charge in [0.2, 0.25) is 0 Å². The molecule has 1 aromatic rings. The maximum absolute atomic E-state index is 11.9. The van der Waals surface area contributed by atoms with Crippen molar-refractivity contribution in [2.75, 3.05) is 7.11 Å². The van der Waals surface area contributed by atoms with Crippen LogP contribution in [0.1, 0.15) is 26.3 Å². The van der Waals surface area contributed by atoms with Gasteiger partial charge >= 0.3 is 0 Å². The predicted octanol–water partition coefficient (Wildman–Crippen LogP) is 2.60. The van der Waals surface area contributed by atoms with Crippen LogP contribution in [0.2, 0.25) is 0 Å². The number of hydrogen-bond donors (Lipinski definition) is 1. The summed E-state index contributed by atoms with van der Waals surface area (Å²) in [4.78, 5) is 11.9. The van der Waals surface area contributed by atoms with Gasteiger partial charge in [-0.1, -0.05) is 18.2 Å². The van der Waals surface area contributed by atoms with Crippen LogP contribution in [0.3, 0.4) is 0 Å². The molecule has 20 heavy (non-hydrogen) atoms. The summed E-state index contributed by atoms with van der Waals surface area (Å²) in [6, 6.07) is 9.46. The fourth-order valence-corrected chi connectivity index (χ4v) is 1.58. The minimum Gasteiger partial charge on any atom is -0.497 e. The van der Waals surface area contributed by atoms with Crippen molar-refractivity contribution in [2.45, 2.75) is 32.7 Å². The van der Waals surface area contributed by atoms with Crippen molar-refractivity contribution in [3.8, 4) is 11.8 Å². The van der Waals surface area contributed by atoms with E-state index in [9.17, 15) is 4.79 Å². The van der Waals surface area contributed by atoms with Gasteiger partial charge in [-0.3, -0.25) is 4.79 Å². The Balaban J connectivity index is 2.75. The summed E-state index contributed by atoms with van der Waals surface area (Å²) in [6.07, 6.45) is 2.17. The molecule has 4 heteroatoms. The van der Waals surface area contributed by atoms with E-state index in [0.29, 0.717) is 6.42 Å². The van der Waals surface area contributed by atoms with Gasteiger partial charge in [-0.05, 0) is 44.9 Å². The molecule has 0 fully saturated rings. The molecule has 0 aliphatic carbocycles. The minimum atomic E-state index is -0.354. The van der Waals surface area contributed by atoms with E-state index in [1.165, 1.54) is 0 Å². The number of carbonyl (C=O) groups is 1. The van der Waals surface area contributed by atoms with Crippen LogP contribution in [0.5, 0.6) is 5.75 Å². The van der Waals surface area contributed by atoms with Gasteiger partial charge in [-0.15, -0.1) is 0 Å². The predicted molar refractivity (Wildman–Crippen MR) is 78.3 cm³/mol. The number of ether oxygens (including phenoxy) is 1. The quantitative estimate of drug-likeness (QED) is 0.677. The Hall–Kier alpha value is -2.28. The number of benzene rings is 1. The highest BCUT2D eigenvalue weighted by Gasteiger charge is 2.16. The summed E-state index contributed by atoms with van der Waals surface area (Å²) in [5.41, 5.74) is 0.797. The van der Waals surface area contributed by atoms with Crippen LogP contribution in [0.15, 0.2) is 35.9 Å². The van der Waals surface area contributed by atoms with E-state index < -0.39 is 0 Å². The Morgan fingerprint density at radius 3 is 2.40 bits per heavy atom. The Kier molecular flexibility index (Phi) is 5.33. The number of allylic oxidation sites excluding steroid dienone is 1. The molecule has 0 bridgehead atoms. The first-order valence-electron chi connectivity index (χ1n) is 6.41. The molecule has 1 amide bonds. The summed E-state index contributed by atoms with van der Waals surface area (Å²) in [6.45, 7) is 5.64. The molecule has 1 rings (SSSR count). The van der Waals surface area contributed by atoms with Crippen LogP contribution in [-0.4, -0.2) is 18.6 Å². The molecule has 0 aliphatic heterocycles. The number of amides is 1. The van der Waals surface area contributed by atoms with Gasteiger partial charge in [0.1, 0.15) is 17.4 Å². The van der Waals surface area contributed by atoms with Gasteiger partial charge < -0.3 is 10.1 Å². The summed E-state index contributed by atoms with van der Waals surface area (Å²) in [5.74, 6) is 0.442. The molecule has 4 nitrogen and oxygen atoms in total. The van der Waals surface area contributed by atoms with Crippen molar-refractivity contribution in [3.05, 3.63) is 41.5 Å². The highest BCUT2D eigenvalue weighted by atomic mass is 16.5. The van der Waals surface area contributed by atoms with E-state index in [-0.39, 0.29) is 17.0 Å². The Labute approximate surface area is 120 Å². The number of hydrogen-bond acceptors (Lipinski definition) is 3. The van der Waals surface area contributed by atoms with Gasteiger partial charge in [0, 0.05) is 5.54 Å². The summed E-state index contributed by atoms with van der Waals surface area (Å²) in [5, 5.41) is 11.8. The number of carbonyl (C=O) groups excluding carboxylic acids is 1. The first kappa shape index (κ1) is 15.8. The van der Waals surface area contributed by atoms with Crippen molar-refractivity contribution in [1.82, 2.24) is 5.32 Å². The molecule has 1 aromatic carbocycles. The molecule has 0 atom stereocenters. The molecule has 0 aliphatic rings. The van der Waals surface area contributed by atoms with Crippen LogP contribution < -0.4 is 10.1 Å². The molecular weight excluding hydrogens is 252 g/mol. The molecule has 0 heterocycles. The van der Waals surface area contributed by atoms with Gasteiger partial charge in [0.25, 0.3) is 5.91 Å². The zero-order valence-corrected chi connectivity index (χ0v) is 12.4. The van der Waals surface area contributed by atoms with Gasteiger partial charge in [0.15, 0.2) is 0 Å². The van der Waals surface area contributed by atoms with Crippen molar-refractivity contribution in [1.29, 1.82) is 5.26 Å². The second kappa shape index (κ2) is 6.76. The topological polar surface area (TPSA) is 62.1 Å². The molecule has 0 unspecified atom stereocenters. The largest absolute Gasteiger partial charge is 0.497 e. The Bertz CT molecular complexity index is 531. The first-order valence-corrected chi connectivity index (χ1v) is 6.41. The van der Waals surface area contributed by atoms with Crippen LogP contribution in [0, 0.1) is 11.3 Å². The zero-order valence-electron chi connectivity index (χ0n) is 12.4. The molecule has 0 spiro atoms. The van der Waals surface area contributed by atoms with Crippen molar-refractivity contribution in [2.24, 2.45) is 0 Å². The molecule has 106 valence electrons. The smallest absolute Gasteiger partial charge is 0.262 e. The Morgan fingerprint density at radius 1 is 1.35 bits per heavy atom. The molecule has 1 N–H and O–H groups in total. The normalized spacial score (nSPS) is 11.7. The molecule has 0 saturated carbocycles. The number of methoxy groups -OCH3 is 1. The maximum Gasteiger partial charge on any atom is 0.262 e. The second-order valence-electron chi connectivity index (χ2n) is 5.49. The zero-order chi connectivity index (χ0) is 15.2. The van der Waals surface area contributed by atoms with Crippen LogP contribution in [0.25, 0.3) is 0 Å². The van der Waals surface area contributed by atoms with E-state index in [1.54, 1.807) is 13.2 Å². The van der Waals surface area contributed by atoms with E-state index >= 15 is 0 Å². The lowest BCUT2D eigenvalue weighted by Gasteiger charge is -2.20. The van der Waals surface area contributed by atoms with Gasteiger partial charge in [-0.25, -0.2) is 0 Å². The number of rotatable bonds is 4. The molecule has 0 saturated heterocycles. The van der Waals surface area contributed by atoms with E-state index in [1.807, 2.05) is 51.1 Å². The number of nitrogens with zero attached hydrogens (tertiary/aromatic N) is 1. The third-order valence-corrected chi connectivity index (χ3v) is 2.55. The SMILES string of the molecule is COc1ccc(C/C=C(\C#N)C(=O)NC(C)(C)C)cc1. The van der Waals surface area contributed by atoms with Crippen LogP contribution in [0.4, 0.5) is 0 Å². The fraction of sp³-hybridized carbons (Fsp3) is 0.375. The molecular formula is C16H20N2O2. The van der Waals surface area contributed by atoms with Gasteiger partial charge in [0.05, 0.1) is 7.11 Å². The fourth-order valence-electron chi connectivity index (χ4n) is 1.58. The third kappa shape index (κ3) is 5.15. The van der Waals surface area contributed by atoms with Gasteiger partial charge in [-0.2, -0.15) is 5.26 Å². The summed E-state index contributed by atoms with van der Waals surface area (Å²) in [7, 11) is 1.61. The van der Waals surface area contributed by atoms with Crippen LogP contribution in [-0.2, 0) is 11.2 Å². The van der Waals surface area contributed by atoms with Crippen LogP contribution >= 0.6 is 0 Å². The van der Waals surface area contributed by atoms with Crippen molar-refractivity contribution in [3.63, 3.8) is 0 Å². The monoisotopic (exact) mass is 272 g/mol. The van der Waals surface area contributed by atoms with E-state index in [2.05, 4.69) is 5.32 Å². The molecule has 0 aromatic heterocycles. The standard InChI is InChI=1S/C16H20N2O2/c1-16(2,3)18-15(19)13(11-17)8-5-12-6-9-14(20-4)10-7-12/h6-10H,5H2,1-4H3,(H,18,19)/b13-8+. The number of nitriles is 1. The summed E-state index contributed by atoms with van der Waals surface area (Å²) < 4.78 is 5.08. The number of nitrogens with one attached hydrogen (secondary N) is 1. The van der Waals surface area contributed by atoms with E-state index in [0.717, 1.165) is 11.3 Å². The maximum atomic E-state index is 11.9. The lowest BCUT2D eigenvalue weighted by atomic mass is 10.1. The molecule has 0 radical (unpaired) electrons. The van der Waals surface area contributed by atoms with E-state index in [4.69, 9.17) is 10.00 Å². The highest BCUT2D eigenvalue weighted by molar-refractivity contribution is 5.97. The lowest BCUT2D eigenvalue weighted by molar-refractivity contribution is -0.118. The minimum absolute atomic E-state index is 0.135. The first-order chi connectivity index (χ1) is 9.35. The van der Waals surface area contributed by atoms with Crippen molar-refractivity contribution >= 4 is 5.91 Å². The third-order valence-electron chi connectivity index (χ3n) is 2.55. The highest BCUT2D eigenvalue weighted by Crippen LogP contribution is 2.12. The Morgan fingerprint density at radius 2 is 1.95 bits per heavy atom. The second-order valence-corrected chi connectivity index (χ2v) is 5.49. The van der Waals surface area contributed by atoms with Crippen molar-refractivity contribution < 1.29 is 9.53 Å².